The van der Waals surface area contributed by atoms with Crippen molar-refractivity contribution < 1.29 is 9.21 Å². The summed E-state index contributed by atoms with van der Waals surface area (Å²) in [6.45, 7) is 0.592. The van der Waals surface area contributed by atoms with E-state index in [4.69, 9.17) is 4.42 Å². The second kappa shape index (κ2) is 7.26. The molecule has 3 aromatic rings. The molecule has 0 saturated heterocycles. The lowest BCUT2D eigenvalue weighted by Gasteiger charge is -2.07. The van der Waals surface area contributed by atoms with Crippen molar-refractivity contribution >= 4 is 17.4 Å². The Balaban J connectivity index is 1.51. The van der Waals surface area contributed by atoms with Gasteiger partial charge in [-0.25, -0.2) is 4.98 Å². The van der Waals surface area contributed by atoms with Crippen molar-refractivity contribution in [3.8, 4) is 0 Å². The molecule has 5 nitrogen and oxygen atoms in total. The van der Waals surface area contributed by atoms with Crippen molar-refractivity contribution in [3.63, 3.8) is 0 Å². The fraction of sp³-hybridized carbons (Fsp3) is 0.111. The predicted octanol–water partition coefficient (Wildman–Crippen LogP) is 3.47. The second-order valence-electron chi connectivity index (χ2n) is 5.08. The van der Waals surface area contributed by atoms with Crippen LogP contribution in [-0.2, 0) is 17.8 Å². The van der Waals surface area contributed by atoms with Crippen LogP contribution >= 0.6 is 0 Å². The number of nitrogens with zero attached hydrogens (tertiary/aromatic N) is 1. The molecule has 1 amide bonds. The van der Waals surface area contributed by atoms with Gasteiger partial charge in [-0.05, 0) is 29.8 Å². The molecule has 0 unspecified atom stereocenters. The van der Waals surface area contributed by atoms with E-state index in [2.05, 4.69) is 15.6 Å². The number of pyridine rings is 1. The summed E-state index contributed by atoms with van der Waals surface area (Å²) in [4.78, 5) is 16.2. The third-order valence-electron chi connectivity index (χ3n) is 3.29. The number of anilines is 2. The molecule has 2 heterocycles. The van der Waals surface area contributed by atoms with Crippen LogP contribution in [0.15, 0.2) is 71.5 Å². The van der Waals surface area contributed by atoms with Crippen LogP contribution in [0.1, 0.15) is 11.3 Å². The maximum absolute atomic E-state index is 12.0. The van der Waals surface area contributed by atoms with Gasteiger partial charge in [0.05, 0.1) is 31.1 Å². The van der Waals surface area contributed by atoms with Gasteiger partial charge in [-0.3, -0.25) is 4.79 Å². The van der Waals surface area contributed by atoms with Crippen molar-refractivity contribution in [2.75, 3.05) is 10.6 Å². The summed E-state index contributed by atoms with van der Waals surface area (Å²) < 4.78 is 5.25. The van der Waals surface area contributed by atoms with Crippen LogP contribution in [0, 0.1) is 0 Å². The smallest absolute Gasteiger partial charge is 0.229 e. The van der Waals surface area contributed by atoms with Crippen molar-refractivity contribution in [2.45, 2.75) is 13.0 Å². The molecule has 3 rings (SSSR count). The Labute approximate surface area is 134 Å². The molecular formula is C18H17N3O2. The number of amides is 1. The van der Waals surface area contributed by atoms with Crippen molar-refractivity contribution in [2.24, 2.45) is 0 Å². The number of benzene rings is 1. The normalized spacial score (nSPS) is 10.3. The zero-order valence-electron chi connectivity index (χ0n) is 12.5. The zero-order chi connectivity index (χ0) is 15.9. The lowest BCUT2D eigenvalue weighted by molar-refractivity contribution is -0.115. The number of nitrogens with one attached hydrogen (secondary N) is 2. The van der Waals surface area contributed by atoms with Crippen LogP contribution in [0.3, 0.4) is 0 Å². The molecular weight excluding hydrogens is 290 g/mol. The Bertz CT molecular complexity index is 738. The van der Waals surface area contributed by atoms with Gasteiger partial charge in [-0.15, -0.1) is 0 Å². The zero-order valence-corrected chi connectivity index (χ0v) is 12.5. The summed E-state index contributed by atoms with van der Waals surface area (Å²) in [6, 6.07) is 17.0. The number of hydrogen-bond acceptors (Lipinski definition) is 4. The number of hydrogen-bond donors (Lipinski definition) is 2. The molecule has 23 heavy (non-hydrogen) atoms. The molecule has 0 saturated carbocycles. The van der Waals surface area contributed by atoms with E-state index in [1.165, 1.54) is 0 Å². The van der Waals surface area contributed by atoms with Crippen molar-refractivity contribution in [1.82, 2.24) is 4.98 Å². The Hall–Kier alpha value is -3.08. The standard InChI is InChI=1S/C18H17N3O2/c22-18(11-14-5-2-1-3-6-14)21-17-9-8-15(12-20-17)19-13-16-7-4-10-23-16/h1-10,12,19H,11,13H2,(H,20,21,22). The predicted molar refractivity (Wildman–Crippen MR) is 89.0 cm³/mol. The quantitative estimate of drug-likeness (QED) is 0.732. The highest BCUT2D eigenvalue weighted by molar-refractivity contribution is 5.91. The highest BCUT2D eigenvalue weighted by atomic mass is 16.3. The molecule has 0 radical (unpaired) electrons. The van der Waals surface area contributed by atoms with E-state index < -0.39 is 0 Å². The van der Waals surface area contributed by atoms with E-state index in [1.807, 2.05) is 48.5 Å². The SMILES string of the molecule is O=C(Cc1ccccc1)Nc1ccc(NCc2ccco2)cn1. The molecule has 0 aliphatic carbocycles. The molecule has 2 aromatic heterocycles. The maximum atomic E-state index is 12.0. The molecule has 0 spiro atoms. The number of carbonyl (C=O) groups is 1. The molecule has 2 N–H and O–H groups in total. The Morgan fingerprint density at radius 2 is 1.91 bits per heavy atom. The first kappa shape index (κ1) is 14.8. The minimum atomic E-state index is -0.0833. The number of furan rings is 1. The van der Waals surface area contributed by atoms with E-state index >= 15 is 0 Å². The first-order chi connectivity index (χ1) is 11.3. The van der Waals surface area contributed by atoms with Crippen LogP contribution in [0.5, 0.6) is 0 Å². The van der Waals surface area contributed by atoms with Gasteiger partial charge in [0, 0.05) is 0 Å². The van der Waals surface area contributed by atoms with Gasteiger partial charge in [0.25, 0.3) is 0 Å². The molecule has 0 bridgehead atoms. The first-order valence-corrected chi connectivity index (χ1v) is 7.36. The maximum Gasteiger partial charge on any atom is 0.229 e. The molecule has 0 aliphatic rings. The topological polar surface area (TPSA) is 67.2 Å². The summed E-state index contributed by atoms with van der Waals surface area (Å²) in [5.74, 6) is 1.31. The lowest BCUT2D eigenvalue weighted by atomic mass is 10.1. The highest BCUT2D eigenvalue weighted by Gasteiger charge is 2.05. The fourth-order valence-electron chi connectivity index (χ4n) is 2.14. The van der Waals surface area contributed by atoms with Crippen LogP contribution in [0.4, 0.5) is 11.5 Å². The minimum absolute atomic E-state index is 0.0833. The van der Waals surface area contributed by atoms with Gasteiger partial charge >= 0.3 is 0 Å². The molecule has 0 fully saturated rings. The summed E-state index contributed by atoms with van der Waals surface area (Å²) in [7, 11) is 0. The molecule has 0 atom stereocenters. The number of rotatable bonds is 6. The molecule has 116 valence electrons. The van der Waals surface area contributed by atoms with E-state index in [1.54, 1.807) is 18.5 Å². The molecule has 0 aliphatic heterocycles. The fourth-order valence-corrected chi connectivity index (χ4v) is 2.14. The highest BCUT2D eigenvalue weighted by Crippen LogP contribution is 2.12. The number of carbonyl (C=O) groups excluding carboxylic acids is 1. The Kier molecular flexibility index (Phi) is 4.69. The van der Waals surface area contributed by atoms with E-state index in [9.17, 15) is 4.79 Å². The van der Waals surface area contributed by atoms with Gasteiger partial charge in [0.15, 0.2) is 0 Å². The third kappa shape index (κ3) is 4.44. The van der Waals surface area contributed by atoms with Gasteiger partial charge in [-0.2, -0.15) is 0 Å². The largest absolute Gasteiger partial charge is 0.467 e. The van der Waals surface area contributed by atoms with E-state index in [-0.39, 0.29) is 5.91 Å². The third-order valence-corrected chi connectivity index (χ3v) is 3.29. The average Bonchev–Trinajstić information content (AvgIpc) is 3.08. The first-order valence-electron chi connectivity index (χ1n) is 7.36. The minimum Gasteiger partial charge on any atom is -0.467 e. The number of aromatic nitrogens is 1. The van der Waals surface area contributed by atoms with Gasteiger partial charge < -0.3 is 15.1 Å². The van der Waals surface area contributed by atoms with Crippen LogP contribution in [0.25, 0.3) is 0 Å². The van der Waals surface area contributed by atoms with Crippen molar-refractivity contribution in [1.29, 1.82) is 0 Å². The summed E-state index contributed by atoms with van der Waals surface area (Å²) in [5.41, 5.74) is 1.84. The summed E-state index contributed by atoms with van der Waals surface area (Å²) >= 11 is 0. The van der Waals surface area contributed by atoms with Gasteiger partial charge in [0.2, 0.25) is 5.91 Å². The van der Waals surface area contributed by atoms with Crippen LogP contribution < -0.4 is 10.6 Å². The average molecular weight is 307 g/mol. The second-order valence-corrected chi connectivity index (χ2v) is 5.08. The molecule has 1 aromatic carbocycles. The van der Waals surface area contributed by atoms with Gasteiger partial charge in [-0.1, -0.05) is 30.3 Å². The molecule has 5 heteroatoms. The van der Waals surface area contributed by atoms with E-state index in [0.29, 0.717) is 18.8 Å². The van der Waals surface area contributed by atoms with Crippen molar-refractivity contribution in [3.05, 3.63) is 78.4 Å². The van der Waals surface area contributed by atoms with Crippen LogP contribution in [-0.4, -0.2) is 10.9 Å². The summed E-state index contributed by atoms with van der Waals surface area (Å²) in [6.07, 6.45) is 3.66. The van der Waals surface area contributed by atoms with E-state index in [0.717, 1.165) is 17.0 Å². The summed E-state index contributed by atoms with van der Waals surface area (Å²) in [5, 5.41) is 5.99. The lowest BCUT2D eigenvalue weighted by Crippen LogP contribution is -2.15. The van der Waals surface area contributed by atoms with Crippen LogP contribution in [0.2, 0.25) is 0 Å². The van der Waals surface area contributed by atoms with Gasteiger partial charge in [0.1, 0.15) is 11.6 Å². The monoisotopic (exact) mass is 307 g/mol. The Morgan fingerprint density at radius 3 is 2.61 bits per heavy atom. The Morgan fingerprint density at radius 1 is 1.04 bits per heavy atom.